The van der Waals surface area contributed by atoms with Gasteiger partial charge in [-0.2, -0.15) is 13.0 Å². The Labute approximate surface area is 181 Å². The van der Waals surface area contributed by atoms with E-state index in [1.165, 1.54) is 0 Å². The van der Waals surface area contributed by atoms with Gasteiger partial charge in [-0.3, -0.25) is 18.9 Å². The summed E-state index contributed by atoms with van der Waals surface area (Å²) in [5, 5.41) is 20.5. The molecule has 7 N–H and O–H groups in total. The monoisotopic (exact) mass is 542 g/mol. The van der Waals surface area contributed by atoms with Crippen LogP contribution in [0.5, 0.6) is 0 Å². The molecule has 21 heteroatoms. The number of hydrogen-bond acceptors (Lipinski definition) is 11. The van der Waals surface area contributed by atoms with Crippen molar-refractivity contribution in [3.8, 4) is 12.3 Å². The molecule has 0 amide bonds. The van der Waals surface area contributed by atoms with E-state index in [0.29, 0.717) is 10.8 Å². The Bertz CT molecular complexity index is 1190. The van der Waals surface area contributed by atoms with Gasteiger partial charge in [-0.25, -0.2) is 13.7 Å². The third-order valence-electron chi connectivity index (χ3n) is 3.73. The minimum Gasteiger partial charge on any atom is -0.386 e. The Hall–Kier alpha value is -1.12. The number of ether oxygens (including phenoxy) is 1. The van der Waals surface area contributed by atoms with Crippen LogP contribution < -0.4 is 5.56 Å². The summed E-state index contributed by atoms with van der Waals surface area (Å²) in [6.45, 7) is -1.32. The molecule has 2 heterocycles. The van der Waals surface area contributed by atoms with Crippen LogP contribution in [0.1, 0.15) is 6.23 Å². The lowest BCUT2D eigenvalue weighted by Gasteiger charge is -2.27. The smallest absolute Gasteiger partial charge is 0.386 e. The van der Waals surface area contributed by atoms with Gasteiger partial charge in [0.2, 0.25) is 5.82 Å². The number of rotatable bonds is 8. The van der Waals surface area contributed by atoms with Crippen molar-refractivity contribution < 1.29 is 65.8 Å². The van der Waals surface area contributed by atoms with Gasteiger partial charge in [0.25, 0.3) is 5.56 Å². The van der Waals surface area contributed by atoms with Crippen LogP contribution in [-0.2, 0) is 31.6 Å². The Morgan fingerprint density at radius 3 is 2.38 bits per heavy atom. The highest BCUT2D eigenvalue weighted by atomic mass is 32.1. The number of aromatic nitrogens is 2. The van der Waals surface area contributed by atoms with Crippen molar-refractivity contribution in [3.05, 3.63) is 27.1 Å². The quantitative estimate of drug-likeness (QED) is 0.118. The molecule has 0 spiro atoms. The Morgan fingerprint density at radius 2 is 1.84 bits per heavy atom. The average molecular weight is 542 g/mol. The molecule has 180 valence electrons. The van der Waals surface area contributed by atoms with E-state index in [9.17, 15) is 38.0 Å². The van der Waals surface area contributed by atoms with Gasteiger partial charge in [0, 0.05) is 0 Å². The van der Waals surface area contributed by atoms with E-state index in [0.717, 1.165) is 0 Å². The predicted molar refractivity (Wildman–Crippen MR) is 99.4 cm³/mol. The minimum atomic E-state index is -5.83. The molecule has 0 radical (unpaired) electrons. The van der Waals surface area contributed by atoms with Gasteiger partial charge < -0.3 is 34.5 Å². The van der Waals surface area contributed by atoms with Crippen molar-refractivity contribution in [1.29, 1.82) is 0 Å². The van der Waals surface area contributed by atoms with Crippen molar-refractivity contribution in [2.75, 3.05) is 6.61 Å². The molecule has 16 nitrogen and oxygen atoms in total. The summed E-state index contributed by atoms with van der Waals surface area (Å²) in [6, 6.07) is 0. The molecule has 1 saturated heterocycles. The molecule has 1 aromatic heterocycles. The number of nitrogens with zero attached hydrogens (tertiary/aromatic N) is 1. The Morgan fingerprint density at radius 1 is 1.25 bits per heavy atom. The molecule has 1 aromatic rings. The summed E-state index contributed by atoms with van der Waals surface area (Å²) in [7, 11) is -17.1. The van der Waals surface area contributed by atoms with Crippen LogP contribution in [0.4, 0.5) is 4.39 Å². The van der Waals surface area contributed by atoms with Crippen LogP contribution >= 0.6 is 35.7 Å². The lowest BCUT2D eigenvalue weighted by Crippen LogP contribution is -2.45. The molecule has 0 saturated carbocycles. The molecule has 1 aliphatic heterocycles. The summed E-state index contributed by atoms with van der Waals surface area (Å²) >= 11 is 4.81. The summed E-state index contributed by atoms with van der Waals surface area (Å²) in [4.78, 5) is 48.8. The molecule has 3 unspecified atom stereocenters. The fourth-order valence-electron chi connectivity index (χ4n) is 2.42. The topological polar surface area (TPSA) is 247 Å². The number of halogens is 1. The number of phosphoric acid groups is 3. The summed E-state index contributed by atoms with van der Waals surface area (Å²) in [6.07, 6.45) is -0.0259. The normalized spacial score (nSPS) is 29.8. The van der Waals surface area contributed by atoms with Crippen LogP contribution in [-0.4, -0.2) is 63.8 Å². The average Bonchev–Trinajstić information content (AvgIpc) is 2.85. The zero-order valence-corrected chi connectivity index (χ0v) is 18.6. The number of aromatic amines is 1. The highest BCUT2D eigenvalue weighted by Gasteiger charge is 2.56. The van der Waals surface area contributed by atoms with E-state index in [-0.39, 0.29) is 0 Å². The second-order valence-electron chi connectivity index (χ2n) is 5.99. The Kier molecular flexibility index (Phi) is 7.85. The van der Waals surface area contributed by atoms with E-state index in [1.807, 2.05) is 10.9 Å². The first-order chi connectivity index (χ1) is 14.4. The zero-order valence-electron chi connectivity index (χ0n) is 15.1. The standard InChI is InChI=1S/C11H14FN2O14P3S/c1-2-11(4-25-30(21,22)28-31(23,24)27-29(18,19)20)7(16)6(15)9(26-11)14-3-5(12)8(17)13-10(14)32/h1,3,6-7,9,15-16H,4H2,(H,21,22)(H,23,24)(H,13,17,32)(H2,18,19,20)/t6-,7?,9+,11+/m0/s1. The molecule has 32 heavy (non-hydrogen) atoms. The number of hydrogen-bond donors (Lipinski definition) is 7. The van der Waals surface area contributed by atoms with Crippen molar-refractivity contribution in [2.24, 2.45) is 0 Å². The van der Waals surface area contributed by atoms with Gasteiger partial charge in [-0.05, 0) is 12.2 Å². The van der Waals surface area contributed by atoms with Gasteiger partial charge in [0.1, 0.15) is 18.8 Å². The van der Waals surface area contributed by atoms with Gasteiger partial charge in [-0.15, -0.1) is 6.42 Å². The lowest BCUT2D eigenvalue weighted by atomic mass is 9.97. The molecule has 0 bridgehead atoms. The van der Waals surface area contributed by atoms with E-state index < -0.39 is 70.3 Å². The number of aliphatic hydroxyl groups is 2. The molecule has 1 aliphatic rings. The Balaban J connectivity index is 2.26. The zero-order chi connectivity index (χ0) is 24.7. The van der Waals surface area contributed by atoms with Gasteiger partial charge in [-0.1, -0.05) is 5.92 Å². The molecule has 6 atom stereocenters. The first kappa shape index (κ1) is 27.1. The molecule has 0 aromatic carbocycles. The van der Waals surface area contributed by atoms with E-state index in [2.05, 4.69) is 13.1 Å². The van der Waals surface area contributed by atoms with Crippen molar-refractivity contribution >= 4 is 35.7 Å². The van der Waals surface area contributed by atoms with Crippen LogP contribution in [0.3, 0.4) is 0 Å². The fourth-order valence-corrected chi connectivity index (χ4v) is 5.72. The first-order valence-corrected chi connectivity index (χ1v) is 12.7. The summed E-state index contributed by atoms with van der Waals surface area (Å²) < 4.78 is 64.3. The predicted octanol–water partition coefficient (Wildman–Crippen LogP) is -0.989. The molecule has 1 fully saturated rings. The highest BCUT2D eigenvalue weighted by Crippen LogP contribution is 2.66. The second-order valence-corrected chi connectivity index (χ2v) is 10.8. The number of nitrogens with one attached hydrogen (secondary N) is 1. The number of terminal acetylenes is 1. The van der Waals surface area contributed by atoms with E-state index in [4.69, 9.17) is 38.1 Å². The second kappa shape index (κ2) is 9.26. The highest BCUT2D eigenvalue weighted by molar-refractivity contribution is 7.71. The minimum absolute atomic E-state index is 0.464. The fraction of sp³-hybridized carbons (Fsp3) is 0.455. The van der Waals surface area contributed by atoms with E-state index >= 15 is 0 Å². The molecular formula is C11H14FN2O14P3S. The third-order valence-corrected chi connectivity index (χ3v) is 7.82. The van der Waals surface area contributed by atoms with Gasteiger partial charge in [0.05, 0.1) is 6.20 Å². The van der Waals surface area contributed by atoms with Crippen molar-refractivity contribution in [3.63, 3.8) is 0 Å². The maximum atomic E-state index is 13.6. The number of H-pyrrole nitrogens is 1. The van der Waals surface area contributed by atoms with Crippen LogP contribution in [0.15, 0.2) is 11.0 Å². The lowest BCUT2D eigenvalue weighted by molar-refractivity contribution is -0.0917. The molecule has 2 rings (SSSR count). The first-order valence-electron chi connectivity index (χ1n) is 7.73. The summed E-state index contributed by atoms with van der Waals surface area (Å²) in [5.41, 5.74) is -3.66. The molecular weight excluding hydrogens is 528 g/mol. The largest absolute Gasteiger partial charge is 0.490 e. The maximum absolute atomic E-state index is 13.6. The van der Waals surface area contributed by atoms with Gasteiger partial charge >= 0.3 is 23.5 Å². The van der Waals surface area contributed by atoms with Crippen molar-refractivity contribution in [2.45, 2.75) is 24.0 Å². The van der Waals surface area contributed by atoms with E-state index in [1.54, 1.807) is 0 Å². The SMILES string of the molecule is C#C[C@]1(COP(=O)(O)OP(=O)(O)OP(=O)(O)O)O[C@@H](n2cc(F)c(=O)[nH]c2=S)[C@@H](O)C1O. The van der Waals surface area contributed by atoms with Crippen molar-refractivity contribution in [1.82, 2.24) is 9.55 Å². The number of aliphatic hydroxyl groups excluding tert-OH is 2. The van der Waals surface area contributed by atoms with Crippen LogP contribution in [0.2, 0.25) is 0 Å². The number of phosphoric ester groups is 1. The van der Waals surface area contributed by atoms with Gasteiger partial charge in [0.15, 0.2) is 16.6 Å². The van der Waals surface area contributed by atoms with Crippen LogP contribution in [0.25, 0.3) is 0 Å². The third kappa shape index (κ3) is 6.26. The maximum Gasteiger partial charge on any atom is 0.490 e. The summed E-state index contributed by atoms with van der Waals surface area (Å²) in [5.74, 6) is 0.480. The van der Waals surface area contributed by atoms with Crippen LogP contribution in [0, 0.1) is 22.9 Å². The molecule has 0 aliphatic carbocycles.